The number of nitrogens with two attached hydrogens (primary N) is 1. The summed E-state index contributed by atoms with van der Waals surface area (Å²) in [5.74, 6) is -0.743. The molecule has 1 fully saturated rings. The lowest BCUT2D eigenvalue weighted by atomic mass is 10.0. The molecule has 4 N–H and O–H groups in total. The molecular weight excluding hydrogens is 351 g/mol. The molecule has 1 unspecified atom stereocenters. The van der Waals surface area contributed by atoms with Crippen LogP contribution in [0.4, 0.5) is 0 Å². The lowest BCUT2D eigenvalue weighted by molar-refractivity contribution is 0.0629. The Morgan fingerprint density at radius 1 is 1.29 bits per heavy atom. The number of aromatic nitrogens is 1. The van der Waals surface area contributed by atoms with Crippen molar-refractivity contribution in [3.05, 3.63) is 58.4 Å². The van der Waals surface area contributed by atoms with Crippen molar-refractivity contribution in [3.63, 3.8) is 0 Å². The van der Waals surface area contributed by atoms with E-state index in [0.29, 0.717) is 30.4 Å². The Kier molecular flexibility index (Phi) is 5.88. The van der Waals surface area contributed by atoms with E-state index >= 15 is 0 Å². The summed E-state index contributed by atoms with van der Waals surface area (Å²) < 4.78 is 0. The number of benzene rings is 1. The maximum atomic E-state index is 12.8. The van der Waals surface area contributed by atoms with Crippen LogP contribution in [0.2, 0.25) is 5.02 Å². The second-order valence-electron chi connectivity index (χ2n) is 5.41. The standard InChI is InChI=1S/C16H17ClN4O2.ClH/c17-12-4-2-1-3-11(12)14-9-19-5-6-21(14)16(23)13-7-10(8-20-13)15(18)22;/h1-4,7-8,14,19-20H,5-6,9H2,(H2,18,22);1H. The van der Waals surface area contributed by atoms with Gasteiger partial charge in [0.1, 0.15) is 5.69 Å². The third-order valence-corrected chi connectivity index (χ3v) is 4.31. The summed E-state index contributed by atoms with van der Waals surface area (Å²) in [5, 5.41) is 3.91. The molecule has 1 aromatic carbocycles. The average molecular weight is 369 g/mol. The van der Waals surface area contributed by atoms with Crippen LogP contribution in [0.25, 0.3) is 0 Å². The van der Waals surface area contributed by atoms with E-state index in [-0.39, 0.29) is 29.9 Å². The van der Waals surface area contributed by atoms with Gasteiger partial charge in [-0.05, 0) is 17.7 Å². The topological polar surface area (TPSA) is 91.2 Å². The van der Waals surface area contributed by atoms with Crippen LogP contribution in [0, 0.1) is 0 Å². The van der Waals surface area contributed by atoms with Crippen molar-refractivity contribution in [2.45, 2.75) is 6.04 Å². The Balaban J connectivity index is 0.00000208. The predicted octanol–water partition coefficient (Wildman–Crippen LogP) is 1.98. The molecule has 1 aliphatic rings. The van der Waals surface area contributed by atoms with E-state index in [2.05, 4.69) is 10.3 Å². The number of nitrogens with zero attached hydrogens (tertiary/aromatic N) is 1. The Morgan fingerprint density at radius 3 is 2.71 bits per heavy atom. The van der Waals surface area contributed by atoms with Gasteiger partial charge in [-0.1, -0.05) is 29.8 Å². The molecule has 0 bridgehead atoms. The quantitative estimate of drug-likeness (QED) is 0.773. The van der Waals surface area contributed by atoms with Crippen molar-refractivity contribution in [3.8, 4) is 0 Å². The van der Waals surface area contributed by atoms with E-state index < -0.39 is 5.91 Å². The van der Waals surface area contributed by atoms with Crippen LogP contribution in [-0.2, 0) is 0 Å². The molecule has 1 aromatic heterocycles. The van der Waals surface area contributed by atoms with Gasteiger partial charge in [0.15, 0.2) is 0 Å². The summed E-state index contributed by atoms with van der Waals surface area (Å²) in [4.78, 5) is 28.6. The smallest absolute Gasteiger partial charge is 0.270 e. The molecule has 3 rings (SSSR count). The largest absolute Gasteiger partial charge is 0.366 e. The van der Waals surface area contributed by atoms with Crippen molar-refractivity contribution >= 4 is 35.8 Å². The fourth-order valence-corrected chi connectivity index (χ4v) is 3.05. The zero-order valence-corrected chi connectivity index (χ0v) is 14.4. The first-order valence-electron chi connectivity index (χ1n) is 7.32. The maximum absolute atomic E-state index is 12.8. The van der Waals surface area contributed by atoms with E-state index in [9.17, 15) is 9.59 Å². The predicted molar refractivity (Wildman–Crippen MR) is 94.7 cm³/mol. The number of carbonyl (C=O) groups excluding carboxylic acids is 2. The summed E-state index contributed by atoms with van der Waals surface area (Å²) in [7, 11) is 0. The van der Waals surface area contributed by atoms with Crippen LogP contribution in [0.5, 0.6) is 0 Å². The molecule has 24 heavy (non-hydrogen) atoms. The zero-order valence-electron chi connectivity index (χ0n) is 12.8. The Morgan fingerprint density at radius 2 is 2.04 bits per heavy atom. The van der Waals surface area contributed by atoms with Gasteiger partial charge in [-0.2, -0.15) is 0 Å². The van der Waals surface area contributed by atoms with Gasteiger partial charge in [0.2, 0.25) is 5.91 Å². The number of nitrogens with one attached hydrogen (secondary N) is 2. The van der Waals surface area contributed by atoms with Crippen molar-refractivity contribution in [1.29, 1.82) is 0 Å². The van der Waals surface area contributed by atoms with Crippen LogP contribution >= 0.6 is 24.0 Å². The Labute approximate surface area is 150 Å². The van der Waals surface area contributed by atoms with Gasteiger partial charge >= 0.3 is 0 Å². The summed E-state index contributed by atoms with van der Waals surface area (Å²) in [6.45, 7) is 1.88. The first-order chi connectivity index (χ1) is 11.1. The molecule has 2 heterocycles. The normalized spacial score (nSPS) is 17.2. The first-order valence-corrected chi connectivity index (χ1v) is 7.70. The maximum Gasteiger partial charge on any atom is 0.270 e. The molecule has 8 heteroatoms. The summed E-state index contributed by atoms with van der Waals surface area (Å²) in [6, 6.07) is 8.82. The second-order valence-corrected chi connectivity index (χ2v) is 5.81. The number of H-pyrrole nitrogens is 1. The van der Waals surface area contributed by atoms with Crippen molar-refractivity contribution in [2.24, 2.45) is 5.73 Å². The number of rotatable bonds is 3. The highest BCUT2D eigenvalue weighted by Crippen LogP contribution is 2.29. The molecule has 0 radical (unpaired) electrons. The van der Waals surface area contributed by atoms with Crippen molar-refractivity contribution in [2.75, 3.05) is 19.6 Å². The van der Waals surface area contributed by atoms with Crippen molar-refractivity contribution < 1.29 is 9.59 Å². The molecule has 1 atom stereocenters. The third-order valence-electron chi connectivity index (χ3n) is 3.97. The molecule has 2 aromatic rings. The zero-order chi connectivity index (χ0) is 16.4. The highest BCUT2D eigenvalue weighted by atomic mass is 35.5. The number of carbonyl (C=O) groups is 2. The van der Waals surface area contributed by atoms with E-state index in [1.807, 2.05) is 24.3 Å². The van der Waals surface area contributed by atoms with Gasteiger partial charge in [-0.25, -0.2) is 0 Å². The van der Waals surface area contributed by atoms with Crippen LogP contribution in [0.15, 0.2) is 36.5 Å². The van der Waals surface area contributed by atoms with E-state index in [1.165, 1.54) is 12.3 Å². The summed E-state index contributed by atoms with van der Waals surface area (Å²) >= 11 is 6.28. The molecule has 1 saturated heterocycles. The minimum Gasteiger partial charge on any atom is -0.366 e. The van der Waals surface area contributed by atoms with Gasteiger partial charge in [-0.3, -0.25) is 9.59 Å². The van der Waals surface area contributed by atoms with Gasteiger partial charge < -0.3 is 20.9 Å². The summed E-state index contributed by atoms with van der Waals surface area (Å²) in [5.41, 5.74) is 6.77. The van der Waals surface area contributed by atoms with Gasteiger partial charge in [0.25, 0.3) is 5.91 Å². The SMILES string of the molecule is Cl.NC(=O)c1c[nH]c(C(=O)N2CCNCC2c2ccccc2Cl)c1. The number of primary amides is 1. The molecule has 0 saturated carbocycles. The van der Waals surface area contributed by atoms with Crippen molar-refractivity contribution in [1.82, 2.24) is 15.2 Å². The minimum atomic E-state index is -0.566. The van der Waals surface area contributed by atoms with E-state index in [0.717, 1.165) is 5.56 Å². The first kappa shape index (κ1) is 18.3. The lowest BCUT2D eigenvalue weighted by Crippen LogP contribution is -2.48. The van der Waals surface area contributed by atoms with Crippen LogP contribution in [0.1, 0.15) is 32.5 Å². The monoisotopic (exact) mass is 368 g/mol. The van der Waals surface area contributed by atoms with Gasteiger partial charge in [-0.15, -0.1) is 12.4 Å². The highest BCUT2D eigenvalue weighted by Gasteiger charge is 2.30. The number of piperazine rings is 1. The average Bonchev–Trinajstić information content (AvgIpc) is 3.05. The fraction of sp³-hybridized carbons (Fsp3) is 0.250. The number of halogens is 2. The third kappa shape index (κ3) is 3.56. The fourth-order valence-electron chi connectivity index (χ4n) is 2.79. The second kappa shape index (κ2) is 7.70. The Bertz CT molecular complexity index is 747. The number of hydrogen-bond donors (Lipinski definition) is 3. The van der Waals surface area contributed by atoms with Gasteiger partial charge in [0.05, 0.1) is 11.6 Å². The number of hydrogen-bond acceptors (Lipinski definition) is 3. The Hall–Kier alpha value is -2.02. The highest BCUT2D eigenvalue weighted by molar-refractivity contribution is 6.31. The number of amides is 2. The molecule has 2 amide bonds. The molecule has 0 aliphatic carbocycles. The summed E-state index contributed by atoms with van der Waals surface area (Å²) in [6.07, 6.45) is 1.45. The number of aromatic amines is 1. The molecule has 0 spiro atoms. The van der Waals surface area contributed by atoms with Gasteiger partial charge in [0, 0.05) is 30.9 Å². The van der Waals surface area contributed by atoms with Crippen LogP contribution in [0.3, 0.4) is 0 Å². The molecule has 6 nitrogen and oxygen atoms in total. The molecule has 128 valence electrons. The molecular formula is C16H18Cl2N4O2. The van der Waals surface area contributed by atoms with E-state index in [4.69, 9.17) is 17.3 Å². The van der Waals surface area contributed by atoms with Crippen LogP contribution < -0.4 is 11.1 Å². The molecule has 1 aliphatic heterocycles. The van der Waals surface area contributed by atoms with E-state index in [1.54, 1.807) is 4.90 Å². The minimum absolute atomic E-state index is 0. The lowest BCUT2D eigenvalue weighted by Gasteiger charge is -2.36. The van der Waals surface area contributed by atoms with Crippen LogP contribution in [-0.4, -0.2) is 41.3 Å².